The largest absolute Gasteiger partial charge is 0.489 e. The SMILES string of the molecule is Cl.O=c1cc(OCc2ccccc2)ccn1-c1ccc2c3c([nH]c2c1)CCCNC3. The van der Waals surface area contributed by atoms with E-state index in [1.54, 1.807) is 16.8 Å². The van der Waals surface area contributed by atoms with Crippen molar-refractivity contribution in [3.63, 3.8) is 0 Å². The second kappa shape index (κ2) is 8.78. The Morgan fingerprint density at radius 2 is 1.90 bits per heavy atom. The number of H-pyrrole nitrogens is 1. The molecule has 2 aromatic carbocycles. The van der Waals surface area contributed by atoms with Gasteiger partial charge in [0.1, 0.15) is 12.4 Å². The van der Waals surface area contributed by atoms with E-state index < -0.39 is 0 Å². The van der Waals surface area contributed by atoms with Gasteiger partial charge >= 0.3 is 0 Å². The predicted octanol–water partition coefficient (Wildman–Crippen LogP) is 4.36. The Morgan fingerprint density at radius 1 is 1.03 bits per heavy atom. The number of ether oxygens (including phenoxy) is 1. The molecule has 5 rings (SSSR count). The van der Waals surface area contributed by atoms with Crippen molar-refractivity contribution in [3.05, 3.63) is 94.0 Å². The van der Waals surface area contributed by atoms with E-state index in [1.165, 1.54) is 16.6 Å². The molecule has 154 valence electrons. The maximum Gasteiger partial charge on any atom is 0.258 e. The minimum absolute atomic E-state index is 0. The number of nitrogens with zero attached hydrogens (tertiary/aromatic N) is 1. The standard InChI is InChI=1S/C24H23N3O2.ClH/c28-24-14-19(29-16-17-5-2-1-3-6-17)10-12-27(24)18-8-9-20-21-15-25-11-4-7-22(21)26-23(20)13-18;/h1-3,5-6,8-10,12-14,25-26H,4,7,11,15-16H2;1H. The first-order valence-electron chi connectivity index (χ1n) is 10.0. The van der Waals surface area contributed by atoms with E-state index in [0.717, 1.165) is 42.7 Å². The Balaban J connectivity index is 0.00000218. The Hall–Kier alpha value is -3.02. The quantitative estimate of drug-likeness (QED) is 0.515. The molecule has 0 fully saturated rings. The highest BCUT2D eigenvalue weighted by molar-refractivity contribution is 5.86. The van der Waals surface area contributed by atoms with Crippen molar-refractivity contribution in [2.24, 2.45) is 0 Å². The molecule has 2 N–H and O–H groups in total. The monoisotopic (exact) mass is 421 g/mol. The van der Waals surface area contributed by atoms with Crippen molar-refractivity contribution < 1.29 is 4.74 Å². The summed E-state index contributed by atoms with van der Waals surface area (Å²) in [5.74, 6) is 0.578. The van der Waals surface area contributed by atoms with Gasteiger partial charge in [-0.3, -0.25) is 9.36 Å². The molecule has 0 amide bonds. The van der Waals surface area contributed by atoms with Crippen LogP contribution in [0.25, 0.3) is 16.6 Å². The molecule has 0 unspecified atom stereocenters. The number of aromatic nitrogens is 2. The third-order valence-electron chi connectivity index (χ3n) is 5.48. The Morgan fingerprint density at radius 3 is 2.73 bits per heavy atom. The predicted molar refractivity (Wildman–Crippen MR) is 122 cm³/mol. The minimum Gasteiger partial charge on any atom is -0.489 e. The zero-order valence-electron chi connectivity index (χ0n) is 16.6. The number of nitrogens with one attached hydrogen (secondary N) is 2. The summed E-state index contributed by atoms with van der Waals surface area (Å²) in [6, 6.07) is 19.5. The summed E-state index contributed by atoms with van der Waals surface area (Å²) in [6.45, 7) is 2.39. The summed E-state index contributed by atoms with van der Waals surface area (Å²) in [5, 5.41) is 4.71. The summed E-state index contributed by atoms with van der Waals surface area (Å²) in [4.78, 5) is 16.2. The molecule has 30 heavy (non-hydrogen) atoms. The summed E-state index contributed by atoms with van der Waals surface area (Å²) >= 11 is 0. The second-order valence-electron chi connectivity index (χ2n) is 7.44. The van der Waals surface area contributed by atoms with Crippen LogP contribution in [0.3, 0.4) is 0 Å². The first-order chi connectivity index (χ1) is 14.3. The number of hydrogen-bond donors (Lipinski definition) is 2. The van der Waals surface area contributed by atoms with Gasteiger partial charge < -0.3 is 15.0 Å². The lowest BCUT2D eigenvalue weighted by atomic mass is 10.1. The molecule has 5 nitrogen and oxygen atoms in total. The minimum atomic E-state index is -0.107. The van der Waals surface area contributed by atoms with Gasteiger partial charge in [-0.15, -0.1) is 12.4 Å². The van der Waals surface area contributed by atoms with Crippen LogP contribution in [0, 0.1) is 0 Å². The topological polar surface area (TPSA) is 59.0 Å². The Bertz CT molecular complexity index is 1210. The van der Waals surface area contributed by atoms with Crippen molar-refractivity contribution in [2.45, 2.75) is 26.0 Å². The number of aryl methyl sites for hydroxylation is 1. The average Bonchev–Trinajstić information content (AvgIpc) is 2.92. The average molecular weight is 422 g/mol. The first-order valence-corrected chi connectivity index (χ1v) is 10.0. The van der Waals surface area contributed by atoms with Crippen LogP contribution in [0.5, 0.6) is 5.75 Å². The van der Waals surface area contributed by atoms with Crippen molar-refractivity contribution >= 4 is 23.3 Å². The van der Waals surface area contributed by atoms with Crippen LogP contribution in [0.1, 0.15) is 23.2 Å². The smallest absolute Gasteiger partial charge is 0.258 e. The van der Waals surface area contributed by atoms with E-state index in [4.69, 9.17) is 4.74 Å². The van der Waals surface area contributed by atoms with Gasteiger partial charge in [0.2, 0.25) is 0 Å². The summed E-state index contributed by atoms with van der Waals surface area (Å²) in [5.41, 5.74) is 5.54. The molecule has 2 aromatic heterocycles. The van der Waals surface area contributed by atoms with Gasteiger partial charge in [-0.2, -0.15) is 0 Å². The summed E-state index contributed by atoms with van der Waals surface area (Å²) in [7, 11) is 0. The van der Waals surface area contributed by atoms with E-state index in [1.807, 2.05) is 42.5 Å². The van der Waals surface area contributed by atoms with Crippen LogP contribution in [0.15, 0.2) is 71.7 Å². The molecular weight excluding hydrogens is 398 g/mol. The van der Waals surface area contributed by atoms with Gasteiger partial charge in [0.15, 0.2) is 0 Å². The number of benzene rings is 2. The van der Waals surface area contributed by atoms with E-state index in [0.29, 0.717) is 12.4 Å². The van der Waals surface area contributed by atoms with Gasteiger partial charge in [-0.05, 0) is 48.7 Å². The van der Waals surface area contributed by atoms with Crippen molar-refractivity contribution in [3.8, 4) is 11.4 Å². The molecule has 0 saturated heterocycles. The van der Waals surface area contributed by atoms with E-state index in [2.05, 4.69) is 22.4 Å². The molecule has 0 saturated carbocycles. The lowest BCUT2D eigenvalue weighted by Crippen LogP contribution is -2.16. The molecular formula is C24H24ClN3O2. The molecule has 0 spiro atoms. The lowest BCUT2D eigenvalue weighted by Gasteiger charge is -2.09. The van der Waals surface area contributed by atoms with Gasteiger partial charge in [-0.25, -0.2) is 0 Å². The van der Waals surface area contributed by atoms with Crippen molar-refractivity contribution in [2.75, 3.05) is 6.54 Å². The van der Waals surface area contributed by atoms with Crippen molar-refractivity contribution in [1.29, 1.82) is 0 Å². The fourth-order valence-corrected chi connectivity index (χ4v) is 3.97. The highest BCUT2D eigenvalue weighted by Gasteiger charge is 2.14. The highest BCUT2D eigenvalue weighted by Crippen LogP contribution is 2.26. The van der Waals surface area contributed by atoms with E-state index >= 15 is 0 Å². The number of halogens is 1. The number of hydrogen-bond acceptors (Lipinski definition) is 3. The fourth-order valence-electron chi connectivity index (χ4n) is 3.97. The zero-order chi connectivity index (χ0) is 19.6. The first kappa shape index (κ1) is 20.3. The number of fused-ring (bicyclic) bond motifs is 3. The molecule has 4 aromatic rings. The molecule has 1 aliphatic rings. The van der Waals surface area contributed by atoms with E-state index in [-0.39, 0.29) is 18.0 Å². The van der Waals surface area contributed by atoms with E-state index in [9.17, 15) is 4.79 Å². The normalized spacial score (nSPS) is 13.3. The highest BCUT2D eigenvalue weighted by atomic mass is 35.5. The molecule has 0 radical (unpaired) electrons. The van der Waals surface area contributed by atoms with Crippen LogP contribution < -0.4 is 15.6 Å². The van der Waals surface area contributed by atoms with Gasteiger partial charge in [0.25, 0.3) is 5.56 Å². The molecule has 6 heteroatoms. The molecule has 3 heterocycles. The van der Waals surface area contributed by atoms with Crippen LogP contribution in [-0.4, -0.2) is 16.1 Å². The Kier molecular flexibility index (Phi) is 5.93. The fraction of sp³-hybridized carbons (Fsp3) is 0.208. The van der Waals surface area contributed by atoms with Gasteiger partial charge in [-0.1, -0.05) is 36.4 Å². The molecule has 0 aliphatic carbocycles. The van der Waals surface area contributed by atoms with Gasteiger partial charge in [0, 0.05) is 35.4 Å². The maximum atomic E-state index is 12.7. The summed E-state index contributed by atoms with van der Waals surface area (Å²) < 4.78 is 7.43. The second-order valence-corrected chi connectivity index (χ2v) is 7.44. The van der Waals surface area contributed by atoms with Crippen LogP contribution >= 0.6 is 12.4 Å². The van der Waals surface area contributed by atoms with Crippen LogP contribution in [0.4, 0.5) is 0 Å². The van der Waals surface area contributed by atoms with Crippen LogP contribution in [-0.2, 0) is 19.6 Å². The third kappa shape index (κ3) is 3.99. The number of pyridine rings is 1. The zero-order valence-corrected chi connectivity index (χ0v) is 17.4. The van der Waals surface area contributed by atoms with Gasteiger partial charge in [0.05, 0.1) is 5.69 Å². The molecule has 1 aliphatic heterocycles. The van der Waals surface area contributed by atoms with Crippen LogP contribution in [0.2, 0.25) is 0 Å². The number of rotatable bonds is 4. The maximum absolute atomic E-state index is 12.7. The number of aromatic amines is 1. The summed E-state index contributed by atoms with van der Waals surface area (Å²) in [6.07, 6.45) is 3.97. The third-order valence-corrected chi connectivity index (χ3v) is 5.48. The lowest BCUT2D eigenvalue weighted by molar-refractivity contribution is 0.305. The van der Waals surface area contributed by atoms with Crippen molar-refractivity contribution in [1.82, 2.24) is 14.9 Å². The molecule has 0 atom stereocenters. The molecule has 0 bridgehead atoms. The Labute approximate surface area is 181 Å².